The van der Waals surface area contributed by atoms with Crippen molar-refractivity contribution in [2.75, 3.05) is 31.2 Å². The van der Waals surface area contributed by atoms with Crippen LogP contribution < -0.4 is 4.90 Å². The Labute approximate surface area is 227 Å². The Morgan fingerprint density at radius 1 is 1.24 bits per heavy atom. The summed E-state index contributed by atoms with van der Waals surface area (Å²) in [5.74, 6) is -1.89. The summed E-state index contributed by atoms with van der Waals surface area (Å²) in [6.45, 7) is 8.46. The van der Waals surface area contributed by atoms with E-state index in [0.717, 1.165) is 12.8 Å². The fourth-order valence-electron chi connectivity index (χ4n) is 6.10. The normalized spacial score (nSPS) is 27.7. The van der Waals surface area contributed by atoms with Crippen LogP contribution in [0.5, 0.6) is 0 Å². The van der Waals surface area contributed by atoms with Gasteiger partial charge in [0.1, 0.15) is 6.04 Å². The van der Waals surface area contributed by atoms with Crippen molar-refractivity contribution < 1.29 is 24.2 Å². The number of para-hydroxylation sites is 1. The number of anilines is 1. The molecule has 3 fully saturated rings. The zero-order valence-electron chi connectivity index (χ0n) is 21.0. The number of rotatable bonds is 13. The number of esters is 1. The monoisotopic (exact) mass is 546 g/mol. The molecule has 2 bridgehead atoms. The van der Waals surface area contributed by atoms with Crippen LogP contribution in [-0.2, 0) is 19.1 Å². The molecule has 200 valence electrons. The lowest BCUT2D eigenvalue weighted by atomic mass is 9.71. The maximum Gasteiger partial charge on any atom is 0.310 e. The molecule has 5 atom stereocenters. The van der Waals surface area contributed by atoms with Crippen LogP contribution in [0, 0.1) is 11.8 Å². The minimum Gasteiger partial charge on any atom is -0.465 e. The van der Waals surface area contributed by atoms with Gasteiger partial charge in [-0.3, -0.25) is 14.4 Å². The molecule has 9 heteroatoms. The van der Waals surface area contributed by atoms with Gasteiger partial charge in [0.15, 0.2) is 0 Å². The smallest absolute Gasteiger partial charge is 0.310 e. The number of hydrogen-bond donors (Lipinski definition) is 1. The Hall–Kier alpha value is -2.29. The van der Waals surface area contributed by atoms with E-state index in [2.05, 4.69) is 13.2 Å². The summed E-state index contributed by atoms with van der Waals surface area (Å²) in [5.41, 5.74) is 0.569. The van der Waals surface area contributed by atoms with E-state index >= 15 is 0 Å². The zero-order valence-corrected chi connectivity index (χ0v) is 22.6. The van der Waals surface area contributed by atoms with E-state index in [4.69, 9.17) is 16.3 Å². The maximum absolute atomic E-state index is 14.4. The molecular formula is C28H35ClN2O5S. The number of carbonyl (C=O) groups excluding carboxylic acids is 3. The highest BCUT2D eigenvalue weighted by Gasteiger charge is 2.74. The van der Waals surface area contributed by atoms with Gasteiger partial charge in [0, 0.05) is 24.9 Å². The first-order valence-electron chi connectivity index (χ1n) is 12.9. The van der Waals surface area contributed by atoms with E-state index in [0.29, 0.717) is 42.9 Å². The number of nitrogens with zero attached hydrogens (tertiary/aromatic N) is 2. The lowest BCUT2D eigenvalue weighted by Crippen LogP contribution is -2.55. The zero-order chi connectivity index (χ0) is 26.6. The second-order valence-corrected chi connectivity index (χ2v) is 11.8. The van der Waals surface area contributed by atoms with Crippen LogP contribution in [0.4, 0.5) is 5.69 Å². The lowest BCUT2D eigenvalue weighted by molar-refractivity contribution is -0.154. The molecular weight excluding hydrogens is 512 g/mol. The minimum atomic E-state index is -0.726. The molecule has 1 aromatic carbocycles. The van der Waals surface area contributed by atoms with Crippen LogP contribution in [0.2, 0.25) is 5.02 Å². The summed E-state index contributed by atoms with van der Waals surface area (Å²) in [5, 5.41) is 9.60. The summed E-state index contributed by atoms with van der Waals surface area (Å²) in [7, 11) is 0. The summed E-state index contributed by atoms with van der Waals surface area (Å²) in [6.07, 6.45) is 7.36. The van der Waals surface area contributed by atoms with Gasteiger partial charge in [0.05, 0.1) is 33.9 Å². The largest absolute Gasteiger partial charge is 0.465 e. The molecule has 3 aliphatic rings. The molecule has 7 nitrogen and oxygen atoms in total. The van der Waals surface area contributed by atoms with Gasteiger partial charge in [-0.05, 0) is 50.7 Å². The predicted octanol–water partition coefficient (Wildman–Crippen LogP) is 4.23. The summed E-state index contributed by atoms with van der Waals surface area (Å²) in [6, 6.07) is 6.43. The molecule has 0 aliphatic carbocycles. The Balaban J connectivity index is 1.70. The van der Waals surface area contributed by atoms with Gasteiger partial charge in [-0.15, -0.1) is 24.9 Å². The highest BCUT2D eigenvalue weighted by Crippen LogP contribution is 2.66. The van der Waals surface area contributed by atoms with Crippen molar-refractivity contribution in [3.05, 3.63) is 54.6 Å². The van der Waals surface area contributed by atoms with Crippen LogP contribution in [0.25, 0.3) is 0 Å². The van der Waals surface area contributed by atoms with Crippen LogP contribution in [-0.4, -0.2) is 70.1 Å². The van der Waals surface area contributed by atoms with E-state index in [9.17, 15) is 19.5 Å². The summed E-state index contributed by atoms with van der Waals surface area (Å²) in [4.78, 5) is 44.9. The minimum absolute atomic E-state index is 0.0508. The molecule has 0 saturated carbocycles. The number of benzene rings is 1. The molecule has 37 heavy (non-hydrogen) atoms. The molecule has 2 unspecified atom stereocenters. The Kier molecular flexibility index (Phi) is 9.03. The number of aliphatic hydroxyl groups is 1. The highest BCUT2D eigenvalue weighted by atomic mass is 35.5. The average molecular weight is 547 g/mol. The number of likely N-dealkylation sites (tertiary alicyclic amines) is 1. The van der Waals surface area contributed by atoms with Crippen LogP contribution in [0.15, 0.2) is 49.6 Å². The van der Waals surface area contributed by atoms with Gasteiger partial charge in [-0.2, -0.15) is 0 Å². The molecule has 3 aliphatic heterocycles. The van der Waals surface area contributed by atoms with E-state index in [1.807, 2.05) is 6.07 Å². The molecule has 1 spiro atoms. The Morgan fingerprint density at radius 2 is 2.03 bits per heavy atom. The number of halogens is 1. The third-order valence-electron chi connectivity index (χ3n) is 7.65. The van der Waals surface area contributed by atoms with Gasteiger partial charge in [0.2, 0.25) is 5.91 Å². The molecule has 3 saturated heterocycles. The standard InChI is InChI=1S/C28H35ClN2O5S/c1-3-5-18-36-27(35)22-21-13-14-28(37-21)23(22)25(33)31(16-9-6-10-17-32)24(28)26(34)30(15-4-2)20-12-8-7-11-19(20)29/h3-4,7-8,11-12,21-24,32H,1-2,5-6,9-10,13-18H2/t21-,22+,23+,24?,28?/m1/s1. The third kappa shape index (κ3) is 5.08. The Bertz CT molecular complexity index is 1050. The van der Waals surface area contributed by atoms with Gasteiger partial charge in [-0.25, -0.2) is 0 Å². The molecule has 1 N–H and O–H groups in total. The number of amides is 2. The van der Waals surface area contributed by atoms with Gasteiger partial charge >= 0.3 is 5.97 Å². The Morgan fingerprint density at radius 3 is 2.73 bits per heavy atom. The first-order chi connectivity index (χ1) is 17.9. The number of unbranched alkanes of at least 4 members (excludes halogenated alkanes) is 2. The molecule has 4 rings (SSSR count). The number of aliphatic hydroxyl groups excluding tert-OH is 1. The number of carbonyl (C=O) groups is 3. The fourth-order valence-corrected chi connectivity index (χ4v) is 8.54. The SMILES string of the molecule is C=CCCOC(=O)[C@@H]1[C@H]2C(=O)N(CCCCCO)C(C(=O)N(CC=C)c3ccccc3Cl)C23CC[C@H]1S3. The predicted molar refractivity (Wildman–Crippen MR) is 147 cm³/mol. The van der Waals surface area contributed by atoms with Crippen molar-refractivity contribution in [2.45, 2.75) is 54.6 Å². The molecule has 1 aromatic rings. The number of thioether (sulfide) groups is 1. The quantitative estimate of drug-likeness (QED) is 0.226. The maximum atomic E-state index is 14.4. The topological polar surface area (TPSA) is 87.1 Å². The van der Waals surface area contributed by atoms with Crippen molar-refractivity contribution in [1.82, 2.24) is 4.90 Å². The lowest BCUT2D eigenvalue weighted by Gasteiger charge is -2.37. The highest BCUT2D eigenvalue weighted by molar-refractivity contribution is 8.02. The van der Waals surface area contributed by atoms with E-state index in [1.165, 1.54) is 0 Å². The summed E-state index contributed by atoms with van der Waals surface area (Å²) >= 11 is 8.11. The van der Waals surface area contributed by atoms with Gasteiger partial charge < -0.3 is 19.6 Å². The van der Waals surface area contributed by atoms with E-state index in [1.54, 1.807) is 51.9 Å². The van der Waals surface area contributed by atoms with Crippen molar-refractivity contribution in [3.63, 3.8) is 0 Å². The summed E-state index contributed by atoms with van der Waals surface area (Å²) < 4.78 is 4.84. The van der Waals surface area contributed by atoms with Crippen molar-refractivity contribution >= 4 is 46.8 Å². The fraction of sp³-hybridized carbons (Fsp3) is 0.536. The van der Waals surface area contributed by atoms with Gasteiger partial charge in [-0.1, -0.05) is 35.9 Å². The molecule has 3 heterocycles. The molecule has 0 aromatic heterocycles. The van der Waals surface area contributed by atoms with E-state index in [-0.39, 0.29) is 42.8 Å². The second kappa shape index (κ2) is 12.0. The second-order valence-electron chi connectivity index (χ2n) is 9.81. The van der Waals surface area contributed by atoms with Crippen molar-refractivity contribution in [1.29, 1.82) is 0 Å². The van der Waals surface area contributed by atoms with Crippen molar-refractivity contribution in [2.24, 2.45) is 11.8 Å². The van der Waals surface area contributed by atoms with E-state index < -0.39 is 22.6 Å². The third-order valence-corrected chi connectivity index (χ3v) is 9.92. The first-order valence-corrected chi connectivity index (χ1v) is 14.2. The molecule has 0 radical (unpaired) electrons. The van der Waals surface area contributed by atoms with Crippen LogP contribution in [0.3, 0.4) is 0 Å². The van der Waals surface area contributed by atoms with Crippen LogP contribution >= 0.6 is 23.4 Å². The molecule has 2 amide bonds. The first kappa shape index (κ1) is 27.7. The average Bonchev–Trinajstić information content (AvgIpc) is 3.53. The van der Waals surface area contributed by atoms with Crippen LogP contribution in [0.1, 0.15) is 38.5 Å². The van der Waals surface area contributed by atoms with Crippen molar-refractivity contribution in [3.8, 4) is 0 Å². The number of fused-ring (bicyclic) bond motifs is 1. The number of ether oxygens (including phenoxy) is 1. The number of hydrogen-bond acceptors (Lipinski definition) is 6. The van der Waals surface area contributed by atoms with Gasteiger partial charge in [0.25, 0.3) is 5.91 Å².